The van der Waals surface area contributed by atoms with Crippen molar-refractivity contribution < 1.29 is 9.59 Å². The van der Waals surface area contributed by atoms with Crippen molar-refractivity contribution >= 4 is 40.7 Å². The van der Waals surface area contributed by atoms with Gasteiger partial charge in [-0.2, -0.15) is 0 Å². The number of benzene rings is 1. The van der Waals surface area contributed by atoms with E-state index in [1.165, 1.54) is 4.90 Å². The highest BCUT2D eigenvalue weighted by Gasteiger charge is 2.76. The SMILES string of the molecule is O=C1N(c2ccccc2)C(=O)C2(Cl)C3C=CC(CC3)C12Cl. The van der Waals surface area contributed by atoms with Crippen LogP contribution in [0.25, 0.3) is 0 Å². The number of nitrogens with zero attached hydrogens (tertiary/aromatic N) is 1. The molecule has 4 aliphatic rings. The zero-order valence-corrected chi connectivity index (χ0v) is 12.6. The lowest BCUT2D eigenvalue weighted by molar-refractivity contribution is -0.122. The molecule has 0 N–H and O–H groups in total. The van der Waals surface area contributed by atoms with E-state index in [2.05, 4.69) is 0 Å². The fraction of sp³-hybridized carbons (Fsp3) is 0.375. The molecule has 2 fully saturated rings. The molecule has 1 saturated carbocycles. The Morgan fingerprint density at radius 2 is 1.38 bits per heavy atom. The van der Waals surface area contributed by atoms with Crippen molar-refractivity contribution in [3.05, 3.63) is 42.5 Å². The maximum atomic E-state index is 12.9. The smallest absolute Gasteiger partial charge is 0.258 e. The minimum atomic E-state index is -1.36. The van der Waals surface area contributed by atoms with Crippen molar-refractivity contribution in [1.82, 2.24) is 0 Å². The second-order valence-corrected chi connectivity index (χ2v) is 7.07. The first-order valence-corrected chi connectivity index (χ1v) is 7.77. The number of allylic oxidation sites excluding steroid dienone is 2. The van der Waals surface area contributed by atoms with Crippen LogP contribution in [0.5, 0.6) is 0 Å². The summed E-state index contributed by atoms with van der Waals surface area (Å²) in [5, 5.41) is 0. The van der Waals surface area contributed by atoms with E-state index in [1.807, 2.05) is 18.2 Å². The van der Waals surface area contributed by atoms with Crippen LogP contribution in [0.4, 0.5) is 5.69 Å². The number of hydrogen-bond acceptors (Lipinski definition) is 2. The highest BCUT2D eigenvalue weighted by Crippen LogP contribution is 2.61. The van der Waals surface area contributed by atoms with Crippen molar-refractivity contribution in [3.63, 3.8) is 0 Å². The van der Waals surface area contributed by atoms with Crippen molar-refractivity contribution in [2.24, 2.45) is 11.8 Å². The summed E-state index contributed by atoms with van der Waals surface area (Å²) < 4.78 is 0. The number of para-hydroxylation sites is 1. The number of carbonyl (C=O) groups excluding carboxylic acids is 2. The van der Waals surface area contributed by atoms with Crippen molar-refractivity contribution in [1.29, 1.82) is 0 Å². The molecule has 108 valence electrons. The number of fused-ring (bicyclic) bond motifs is 1. The average molecular weight is 322 g/mol. The fourth-order valence-corrected chi connectivity index (χ4v) is 4.85. The van der Waals surface area contributed by atoms with E-state index in [0.717, 1.165) is 12.8 Å². The quantitative estimate of drug-likeness (QED) is 0.453. The van der Waals surface area contributed by atoms with Gasteiger partial charge in [0.15, 0.2) is 9.75 Å². The minimum Gasteiger partial charge on any atom is -0.272 e. The van der Waals surface area contributed by atoms with Gasteiger partial charge in [0.05, 0.1) is 5.69 Å². The molecule has 5 rings (SSSR count). The highest BCUT2D eigenvalue weighted by atomic mass is 35.5. The maximum Gasteiger partial charge on any atom is 0.258 e. The van der Waals surface area contributed by atoms with Crippen molar-refractivity contribution in [2.75, 3.05) is 4.90 Å². The second-order valence-electron chi connectivity index (χ2n) is 5.88. The van der Waals surface area contributed by atoms with E-state index in [9.17, 15) is 9.59 Å². The molecular weight excluding hydrogens is 309 g/mol. The molecule has 5 heteroatoms. The standard InChI is InChI=1S/C16H13Cl2NO2/c17-15-10-6-7-11(9-8-10)16(15,18)14(21)19(13(15)20)12-4-2-1-3-5-12/h1-7,10-11H,8-9H2. The Kier molecular flexibility index (Phi) is 2.61. The van der Waals surface area contributed by atoms with Gasteiger partial charge in [-0.15, -0.1) is 23.2 Å². The molecule has 1 saturated heterocycles. The molecule has 0 aromatic heterocycles. The highest BCUT2D eigenvalue weighted by molar-refractivity contribution is 6.58. The number of rotatable bonds is 1. The molecule has 1 aromatic carbocycles. The number of amides is 2. The Bertz CT molecular complexity index is 636. The lowest BCUT2D eigenvalue weighted by Gasteiger charge is -2.48. The first-order chi connectivity index (χ1) is 10.0. The van der Waals surface area contributed by atoms with Gasteiger partial charge in [0.1, 0.15) is 0 Å². The molecule has 2 bridgehead atoms. The number of imide groups is 1. The van der Waals surface area contributed by atoms with Gasteiger partial charge in [0, 0.05) is 11.8 Å². The van der Waals surface area contributed by atoms with E-state index < -0.39 is 21.6 Å². The second kappa shape index (κ2) is 4.11. The van der Waals surface area contributed by atoms with Crippen molar-refractivity contribution in [3.8, 4) is 0 Å². The van der Waals surface area contributed by atoms with Crippen LogP contribution in [0.15, 0.2) is 42.5 Å². The molecule has 4 unspecified atom stereocenters. The van der Waals surface area contributed by atoms with Crippen LogP contribution in [-0.4, -0.2) is 21.6 Å². The first kappa shape index (κ1) is 13.4. The summed E-state index contributed by atoms with van der Waals surface area (Å²) in [6.45, 7) is 0. The number of hydrogen-bond donors (Lipinski definition) is 0. The van der Waals surface area contributed by atoms with Crippen LogP contribution < -0.4 is 4.90 Å². The fourth-order valence-electron chi connectivity index (χ4n) is 3.88. The van der Waals surface area contributed by atoms with Crippen LogP contribution in [0.3, 0.4) is 0 Å². The van der Waals surface area contributed by atoms with Gasteiger partial charge in [-0.05, 0) is 25.0 Å². The van der Waals surface area contributed by atoms with Crippen LogP contribution >= 0.6 is 23.2 Å². The lowest BCUT2D eigenvalue weighted by Crippen LogP contribution is -2.61. The third kappa shape index (κ3) is 1.37. The molecule has 0 spiro atoms. The molecule has 3 nitrogen and oxygen atoms in total. The lowest BCUT2D eigenvalue weighted by atomic mass is 9.62. The Hall–Kier alpha value is -1.32. The van der Waals surface area contributed by atoms with Gasteiger partial charge >= 0.3 is 0 Å². The number of alkyl halides is 2. The van der Waals surface area contributed by atoms with Gasteiger partial charge in [-0.3, -0.25) is 9.59 Å². The van der Waals surface area contributed by atoms with Gasteiger partial charge in [-0.1, -0.05) is 30.4 Å². The monoisotopic (exact) mass is 321 g/mol. The largest absolute Gasteiger partial charge is 0.272 e. The Balaban J connectivity index is 1.91. The van der Waals surface area contributed by atoms with E-state index in [-0.39, 0.29) is 11.8 Å². The molecule has 1 aromatic rings. The summed E-state index contributed by atoms with van der Waals surface area (Å²) in [4.78, 5) is 24.3. The Morgan fingerprint density at radius 1 is 0.905 bits per heavy atom. The third-order valence-corrected chi connectivity index (χ3v) is 6.54. The summed E-state index contributed by atoms with van der Waals surface area (Å²) in [6, 6.07) is 8.85. The minimum absolute atomic E-state index is 0.188. The summed E-state index contributed by atoms with van der Waals surface area (Å²) in [7, 11) is 0. The van der Waals surface area contributed by atoms with Crippen LogP contribution in [0, 0.1) is 11.8 Å². The first-order valence-electron chi connectivity index (χ1n) is 7.01. The molecule has 21 heavy (non-hydrogen) atoms. The van der Waals surface area contributed by atoms with Gasteiger partial charge in [0.25, 0.3) is 11.8 Å². The zero-order chi connectivity index (χ0) is 14.8. The number of anilines is 1. The topological polar surface area (TPSA) is 37.4 Å². The normalized spacial score (nSPS) is 40.8. The summed E-state index contributed by atoms with van der Waals surface area (Å²) in [6.07, 6.45) is 5.48. The van der Waals surface area contributed by atoms with Crippen LogP contribution in [0.2, 0.25) is 0 Å². The van der Waals surface area contributed by atoms with Crippen LogP contribution in [-0.2, 0) is 9.59 Å². The van der Waals surface area contributed by atoms with E-state index >= 15 is 0 Å². The van der Waals surface area contributed by atoms with E-state index in [4.69, 9.17) is 23.2 Å². The molecule has 4 atom stereocenters. The average Bonchev–Trinajstić information content (AvgIpc) is 2.69. The van der Waals surface area contributed by atoms with Crippen LogP contribution in [0.1, 0.15) is 12.8 Å². The third-order valence-electron chi connectivity index (χ3n) is 4.96. The maximum absolute atomic E-state index is 12.9. The Labute approximate surface area is 132 Å². The summed E-state index contributed by atoms with van der Waals surface area (Å²) in [5.41, 5.74) is 0.529. The predicted octanol–water partition coefficient (Wildman–Crippen LogP) is 3.11. The zero-order valence-electron chi connectivity index (χ0n) is 11.1. The van der Waals surface area contributed by atoms with Gasteiger partial charge < -0.3 is 0 Å². The Morgan fingerprint density at radius 3 is 1.81 bits per heavy atom. The molecule has 3 aliphatic carbocycles. The van der Waals surface area contributed by atoms with Gasteiger partial charge in [-0.25, -0.2) is 4.90 Å². The van der Waals surface area contributed by atoms with Crippen molar-refractivity contribution in [2.45, 2.75) is 22.6 Å². The van der Waals surface area contributed by atoms with E-state index in [1.54, 1.807) is 24.3 Å². The number of halogens is 2. The van der Waals surface area contributed by atoms with Gasteiger partial charge in [0.2, 0.25) is 0 Å². The number of carbonyl (C=O) groups is 2. The predicted molar refractivity (Wildman–Crippen MR) is 81.5 cm³/mol. The molecule has 1 aliphatic heterocycles. The molecule has 1 heterocycles. The summed E-state index contributed by atoms with van der Waals surface area (Å²) in [5.74, 6) is -1.16. The van der Waals surface area contributed by atoms with E-state index in [0.29, 0.717) is 5.69 Å². The molecular formula is C16H13Cl2NO2. The molecule has 0 radical (unpaired) electrons. The molecule has 2 amide bonds. The summed E-state index contributed by atoms with van der Waals surface area (Å²) >= 11 is 13.4.